The normalized spacial score (nSPS) is 13.4. The summed E-state index contributed by atoms with van der Waals surface area (Å²) in [4.78, 5) is 0. The Kier molecular flexibility index (Phi) is 5.38. The highest BCUT2D eigenvalue weighted by molar-refractivity contribution is 6.33. The Morgan fingerprint density at radius 2 is 2.11 bits per heavy atom. The van der Waals surface area contributed by atoms with E-state index in [1.807, 2.05) is 20.8 Å². The van der Waals surface area contributed by atoms with Gasteiger partial charge in [0.2, 0.25) is 0 Å². The zero-order valence-corrected chi connectivity index (χ0v) is 11.6. The molecule has 0 amide bonds. The molecule has 0 saturated heterocycles. The lowest BCUT2D eigenvalue weighted by molar-refractivity contribution is -0.0449. The van der Waals surface area contributed by atoms with Crippen LogP contribution in [-0.2, 0) is 4.74 Å². The summed E-state index contributed by atoms with van der Waals surface area (Å²) in [6, 6.07) is 4.07. The SMILES string of the molecule is CC(C)(C)OCC(O)CNc1ccc(F)cc1Cl. The van der Waals surface area contributed by atoms with Gasteiger partial charge in [-0.15, -0.1) is 0 Å². The fraction of sp³-hybridized carbons (Fsp3) is 0.538. The molecule has 1 atom stereocenters. The van der Waals surface area contributed by atoms with Crippen molar-refractivity contribution in [2.24, 2.45) is 0 Å². The highest BCUT2D eigenvalue weighted by Gasteiger charge is 2.13. The molecule has 0 bridgehead atoms. The molecule has 0 aliphatic heterocycles. The average Bonchev–Trinajstić information content (AvgIpc) is 2.24. The van der Waals surface area contributed by atoms with Gasteiger partial charge in [-0.05, 0) is 39.0 Å². The van der Waals surface area contributed by atoms with Gasteiger partial charge in [-0.25, -0.2) is 4.39 Å². The summed E-state index contributed by atoms with van der Waals surface area (Å²) in [7, 11) is 0. The third-order valence-corrected chi connectivity index (χ3v) is 2.48. The van der Waals surface area contributed by atoms with Gasteiger partial charge in [0.1, 0.15) is 5.82 Å². The average molecular weight is 276 g/mol. The summed E-state index contributed by atoms with van der Waals surface area (Å²) >= 11 is 5.85. The van der Waals surface area contributed by atoms with Crippen LogP contribution in [0.3, 0.4) is 0 Å². The predicted octanol–water partition coefficient (Wildman–Crippen LogP) is 3.07. The molecule has 0 aliphatic carbocycles. The van der Waals surface area contributed by atoms with Crippen molar-refractivity contribution in [2.75, 3.05) is 18.5 Å². The first-order valence-corrected chi connectivity index (χ1v) is 6.17. The molecule has 2 N–H and O–H groups in total. The largest absolute Gasteiger partial charge is 0.389 e. The van der Waals surface area contributed by atoms with E-state index in [4.69, 9.17) is 16.3 Å². The van der Waals surface area contributed by atoms with E-state index in [9.17, 15) is 9.50 Å². The summed E-state index contributed by atoms with van der Waals surface area (Å²) in [6.45, 7) is 6.29. The number of ether oxygens (including phenoxy) is 1. The molecule has 3 nitrogen and oxygen atoms in total. The van der Waals surface area contributed by atoms with Crippen LogP contribution in [0.1, 0.15) is 20.8 Å². The van der Waals surface area contributed by atoms with Gasteiger partial charge in [-0.2, -0.15) is 0 Å². The fourth-order valence-electron chi connectivity index (χ4n) is 1.27. The van der Waals surface area contributed by atoms with Crippen molar-refractivity contribution in [2.45, 2.75) is 32.5 Å². The van der Waals surface area contributed by atoms with E-state index in [1.165, 1.54) is 18.2 Å². The molecule has 1 rings (SSSR count). The Balaban J connectivity index is 2.40. The van der Waals surface area contributed by atoms with Crippen LogP contribution in [-0.4, -0.2) is 30.0 Å². The third kappa shape index (κ3) is 5.67. The highest BCUT2D eigenvalue weighted by Crippen LogP contribution is 2.22. The van der Waals surface area contributed by atoms with Gasteiger partial charge in [0.25, 0.3) is 0 Å². The summed E-state index contributed by atoms with van der Waals surface area (Å²) < 4.78 is 18.3. The molecule has 0 aliphatic rings. The molecule has 0 saturated carbocycles. The number of hydrogen-bond acceptors (Lipinski definition) is 3. The third-order valence-electron chi connectivity index (χ3n) is 2.17. The van der Waals surface area contributed by atoms with Crippen molar-refractivity contribution in [3.63, 3.8) is 0 Å². The van der Waals surface area contributed by atoms with Gasteiger partial charge < -0.3 is 15.2 Å². The standard InChI is InChI=1S/C13H19ClFNO2/c1-13(2,3)18-8-10(17)7-16-12-5-4-9(15)6-11(12)14/h4-6,10,16-17H,7-8H2,1-3H3. The quantitative estimate of drug-likeness (QED) is 0.868. The van der Waals surface area contributed by atoms with Crippen molar-refractivity contribution in [3.05, 3.63) is 29.0 Å². The molecule has 0 heterocycles. The first-order chi connectivity index (χ1) is 8.28. The second kappa shape index (κ2) is 6.36. The van der Waals surface area contributed by atoms with Crippen molar-refractivity contribution >= 4 is 17.3 Å². The predicted molar refractivity (Wildman–Crippen MR) is 71.6 cm³/mol. The smallest absolute Gasteiger partial charge is 0.124 e. The molecule has 1 unspecified atom stereocenters. The maximum Gasteiger partial charge on any atom is 0.124 e. The number of anilines is 1. The van der Waals surface area contributed by atoms with E-state index in [0.717, 1.165) is 0 Å². The Bertz CT molecular complexity index is 393. The maximum absolute atomic E-state index is 12.8. The maximum atomic E-state index is 12.8. The van der Waals surface area contributed by atoms with Crippen molar-refractivity contribution in [3.8, 4) is 0 Å². The molecule has 1 aromatic carbocycles. The topological polar surface area (TPSA) is 41.5 Å². The van der Waals surface area contributed by atoms with Crippen LogP contribution in [0.5, 0.6) is 0 Å². The summed E-state index contributed by atoms with van der Waals surface area (Å²) in [5.41, 5.74) is 0.307. The minimum absolute atomic E-state index is 0.231. The van der Waals surface area contributed by atoms with Gasteiger partial charge in [-0.1, -0.05) is 11.6 Å². The number of rotatable bonds is 5. The molecule has 18 heavy (non-hydrogen) atoms. The van der Waals surface area contributed by atoms with Crippen molar-refractivity contribution in [1.29, 1.82) is 0 Å². The number of aliphatic hydroxyl groups is 1. The number of nitrogens with one attached hydrogen (secondary N) is 1. The molecule has 0 fully saturated rings. The van der Waals surface area contributed by atoms with E-state index >= 15 is 0 Å². The molecule has 0 aromatic heterocycles. The first kappa shape index (κ1) is 15.2. The molecule has 102 valence electrons. The van der Waals surface area contributed by atoms with E-state index in [2.05, 4.69) is 5.32 Å². The minimum Gasteiger partial charge on any atom is -0.389 e. The van der Waals surface area contributed by atoms with Crippen LogP contribution in [0.4, 0.5) is 10.1 Å². The van der Waals surface area contributed by atoms with Crippen LogP contribution in [0.25, 0.3) is 0 Å². The summed E-state index contributed by atoms with van der Waals surface area (Å²) in [5, 5.41) is 13.0. The second-order valence-corrected chi connectivity index (χ2v) is 5.49. The van der Waals surface area contributed by atoms with E-state index in [-0.39, 0.29) is 18.0 Å². The van der Waals surface area contributed by atoms with Crippen LogP contribution in [0.15, 0.2) is 18.2 Å². The van der Waals surface area contributed by atoms with E-state index in [1.54, 1.807) is 0 Å². The second-order valence-electron chi connectivity index (χ2n) is 5.08. The van der Waals surface area contributed by atoms with Gasteiger partial charge in [-0.3, -0.25) is 0 Å². The Morgan fingerprint density at radius 3 is 2.67 bits per heavy atom. The van der Waals surface area contributed by atoms with Gasteiger partial charge in [0, 0.05) is 6.54 Å². The zero-order chi connectivity index (χ0) is 13.8. The monoisotopic (exact) mass is 275 g/mol. The number of benzene rings is 1. The molecule has 5 heteroatoms. The number of halogens is 2. The zero-order valence-electron chi connectivity index (χ0n) is 10.8. The molecule has 0 spiro atoms. The van der Waals surface area contributed by atoms with Crippen molar-refractivity contribution < 1.29 is 14.2 Å². The fourth-order valence-corrected chi connectivity index (χ4v) is 1.50. The number of aliphatic hydroxyl groups excluding tert-OH is 1. The molecular formula is C13H19ClFNO2. The van der Waals surface area contributed by atoms with Gasteiger partial charge in [0.05, 0.1) is 29.0 Å². The highest BCUT2D eigenvalue weighted by atomic mass is 35.5. The first-order valence-electron chi connectivity index (χ1n) is 5.79. The number of hydrogen-bond donors (Lipinski definition) is 2. The van der Waals surface area contributed by atoms with Crippen molar-refractivity contribution in [1.82, 2.24) is 0 Å². The lowest BCUT2D eigenvalue weighted by Crippen LogP contribution is -2.30. The Hall–Kier alpha value is -0.840. The Morgan fingerprint density at radius 1 is 1.44 bits per heavy atom. The van der Waals surface area contributed by atoms with E-state index < -0.39 is 6.10 Å². The Labute approximate surface area is 112 Å². The molecular weight excluding hydrogens is 257 g/mol. The van der Waals surface area contributed by atoms with E-state index in [0.29, 0.717) is 17.3 Å². The van der Waals surface area contributed by atoms with Crippen LogP contribution in [0, 0.1) is 5.82 Å². The summed E-state index contributed by atoms with van der Waals surface area (Å²) in [6.07, 6.45) is -0.648. The molecule has 1 aromatic rings. The molecule has 0 radical (unpaired) electrons. The van der Waals surface area contributed by atoms with Crippen LogP contribution >= 0.6 is 11.6 Å². The van der Waals surface area contributed by atoms with Crippen LogP contribution in [0.2, 0.25) is 5.02 Å². The van der Waals surface area contributed by atoms with Crippen LogP contribution < -0.4 is 5.32 Å². The summed E-state index contributed by atoms with van der Waals surface area (Å²) in [5.74, 6) is -0.387. The van der Waals surface area contributed by atoms with Gasteiger partial charge in [0.15, 0.2) is 0 Å². The lowest BCUT2D eigenvalue weighted by atomic mass is 10.2. The minimum atomic E-state index is -0.648. The van der Waals surface area contributed by atoms with Gasteiger partial charge >= 0.3 is 0 Å². The lowest BCUT2D eigenvalue weighted by Gasteiger charge is -2.22.